The predicted molar refractivity (Wildman–Crippen MR) is 55.4 cm³/mol. The highest BCUT2D eigenvalue weighted by molar-refractivity contribution is 6.40. The molecule has 0 saturated carbocycles. The first kappa shape index (κ1) is 10.1. The Balaban J connectivity index is 2.91. The summed E-state index contributed by atoms with van der Waals surface area (Å²) in [5, 5.41) is 1.51. The Kier molecular flexibility index (Phi) is 2.90. The molecule has 0 spiro atoms. The quantitative estimate of drug-likeness (QED) is 0.553. The zero-order valence-corrected chi connectivity index (χ0v) is 9.21. The molecule has 1 atom stereocenters. The van der Waals surface area contributed by atoms with E-state index in [2.05, 4.69) is 26.8 Å². The van der Waals surface area contributed by atoms with Crippen molar-refractivity contribution in [2.45, 2.75) is 27.2 Å². The predicted octanol–water partition coefficient (Wildman–Crippen LogP) is 4.30. The van der Waals surface area contributed by atoms with Gasteiger partial charge in [0.25, 0.3) is 0 Å². The maximum atomic E-state index is 6.11. The number of hydrogen-bond acceptors (Lipinski definition) is 0. The molecule has 0 heterocycles. The van der Waals surface area contributed by atoms with Crippen LogP contribution in [0.1, 0.15) is 27.2 Å². The van der Waals surface area contributed by atoms with Gasteiger partial charge in [0.05, 0.1) is 5.03 Å². The van der Waals surface area contributed by atoms with Gasteiger partial charge in [-0.2, -0.15) is 0 Å². The third-order valence-corrected chi connectivity index (χ3v) is 3.11. The molecule has 68 valence electrons. The standard InChI is InChI=1S/C10H14Cl2/c1-10(2,3)7-5-4-6-8(11)9(7)12/h4,6-7H,5H2,1-3H3. The van der Waals surface area contributed by atoms with Crippen molar-refractivity contribution in [3.63, 3.8) is 0 Å². The maximum Gasteiger partial charge on any atom is 0.0551 e. The van der Waals surface area contributed by atoms with E-state index in [0.29, 0.717) is 11.0 Å². The zero-order chi connectivity index (χ0) is 9.35. The highest BCUT2D eigenvalue weighted by atomic mass is 35.5. The third-order valence-electron chi connectivity index (χ3n) is 2.22. The van der Waals surface area contributed by atoms with Gasteiger partial charge in [0.2, 0.25) is 0 Å². The number of hydrogen-bond donors (Lipinski definition) is 0. The van der Waals surface area contributed by atoms with Crippen LogP contribution in [0.5, 0.6) is 0 Å². The Morgan fingerprint density at radius 2 is 1.92 bits per heavy atom. The molecule has 0 aromatic heterocycles. The molecule has 0 nitrogen and oxygen atoms in total. The van der Waals surface area contributed by atoms with Crippen molar-refractivity contribution < 1.29 is 0 Å². The molecule has 0 amide bonds. The molecule has 1 rings (SSSR count). The van der Waals surface area contributed by atoms with E-state index in [9.17, 15) is 0 Å². The van der Waals surface area contributed by atoms with Gasteiger partial charge in [-0.25, -0.2) is 0 Å². The van der Waals surface area contributed by atoms with Crippen LogP contribution in [0.25, 0.3) is 0 Å². The van der Waals surface area contributed by atoms with Crippen molar-refractivity contribution in [2.75, 3.05) is 0 Å². The van der Waals surface area contributed by atoms with Gasteiger partial charge < -0.3 is 0 Å². The lowest BCUT2D eigenvalue weighted by atomic mass is 9.77. The summed E-state index contributed by atoms with van der Waals surface area (Å²) < 4.78 is 0. The molecule has 0 N–H and O–H groups in total. The van der Waals surface area contributed by atoms with E-state index in [4.69, 9.17) is 23.2 Å². The van der Waals surface area contributed by atoms with Crippen LogP contribution >= 0.6 is 23.2 Å². The molecular formula is C10H14Cl2. The first-order valence-corrected chi connectivity index (χ1v) is 4.90. The Morgan fingerprint density at radius 3 is 2.33 bits per heavy atom. The van der Waals surface area contributed by atoms with E-state index in [1.54, 1.807) is 0 Å². The topological polar surface area (TPSA) is 0 Å². The van der Waals surface area contributed by atoms with E-state index in [1.807, 2.05) is 6.08 Å². The Hall–Kier alpha value is 0.0600. The van der Waals surface area contributed by atoms with Gasteiger partial charge in [0.15, 0.2) is 0 Å². The van der Waals surface area contributed by atoms with Crippen molar-refractivity contribution in [3.8, 4) is 0 Å². The van der Waals surface area contributed by atoms with E-state index in [0.717, 1.165) is 11.5 Å². The van der Waals surface area contributed by atoms with Gasteiger partial charge in [-0.05, 0) is 17.9 Å². The minimum absolute atomic E-state index is 0.196. The lowest BCUT2D eigenvalue weighted by molar-refractivity contribution is 0.288. The number of halogens is 2. The van der Waals surface area contributed by atoms with Crippen LogP contribution in [-0.2, 0) is 0 Å². The smallest absolute Gasteiger partial charge is 0.0551 e. The van der Waals surface area contributed by atoms with E-state index in [-0.39, 0.29) is 5.41 Å². The van der Waals surface area contributed by atoms with Crippen molar-refractivity contribution in [1.82, 2.24) is 0 Å². The lowest BCUT2D eigenvalue weighted by Crippen LogP contribution is -2.21. The molecule has 0 fully saturated rings. The molecule has 1 aliphatic carbocycles. The summed E-state index contributed by atoms with van der Waals surface area (Å²) in [5.41, 5.74) is 0.196. The summed E-state index contributed by atoms with van der Waals surface area (Å²) in [7, 11) is 0. The van der Waals surface area contributed by atoms with Gasteiger partial charge in [-0.1, -0.05) is 50.0 Å². The summed E-state index contributed by atoms with van der Waals surface area (Å²) in [4.78, 5) is 0. The summed E-state index contributed by atoms with van der Waals surface area (Å²) in [5.74, 6) is 0.372. The van der Waals surface area contributed by atoms with Crippen LogP contribution < -0.4 is 0 Å². The average molecular weight is 205 g/mol. The molecule has 0 saturated heterocycles. The lowest BCUT2D eigenvalue weighted by Gasteiger charge is -2.31. The largest absolute Gasteiger partial charge is 0.0872 e. The van der Waals surface area contributed by atoms with Crippen LogP contribution in [-0.4, -0.2) is 0 Å². The van der Waals surface area contributed by atoms with Crippen LogP contribution in [0.2, 0.25) is 0 Å². The fourth-order valence-corrected chi connectivity index (χ4v) is 2.09. The first-order valence-electron chi connectivity index (χ1n) is 4.14. The number of rotatable bonds is 0. The molecular weight excluding hydrogens is 191 g/mol. The number of allylic oxidation sites excluding steroid dienone is 4. The molecule has 1 aliphatic rings. The van der Waals surface area contributed by atoms with Gasteiger partial charge in [0, 0.05) is 11.0 Å². The second-order valence-corrected chi connectivity index (χ2v) is 5.07. The Labute approximate surface area is 84.2 Å². The molecule has 0 aromatic carbocycles. The highest BCUT2D eigenvalue weighted by Crippen LogP contribution is 2.41. The molecule has 1 unspecified atom stereocenters. The summed E-state index contributed by atoms with van der Waals surface area (Å²) in [6, 6.07) is 0. The summed E-state index contributed by atoms with van der Waals surface area (Å²) >= 11 is 12.0. The Bertz CT molecular complexity index is 231. The third kappa shape index (κ3) is 2.05. The van der Waals surface area contributed by atoms with Gasteiger partial charge in [-0.3, -0.25) is 0 Å². The van der Waals surface area contributed by atoms with Crippen LogP contribution in [0.15, 0.2) is 22.2 Å². The van der Waals surface area contributed by atoms with Gasteiger partial charge >= 0.3 is 0 Å². The Morgan fingerprint density at radius 1 is 1.33 bits per heavy atom. The molecule has 0 aliphatic heterocycles. The molecule has 2 heteroatoms. The minimum Gasteiger partial charge on any atom is -0.0872 e. The highest BCUT2D eigenvalue weighted by Gasteiger charge is 2.29. The van der Waals surface area contributed by atoms with E-state index in [1.165, 1.54) is 0 Å². The maximum absolute atomic E-state index is 6.11. The van der Waals surface area contributed by atoms with E-state index >= 15 is 0 Å². The average Bonchev–Trinajstić information content (AvgIpc) is 1.92. The second kappa shape index (κ2) is 3.43. The van der Waals surface area contributed by atoms with Gasteiger partial charge in [-0.15, -0.1) is 0 Å². The van der Waals surface area contributed by atoms with Crippen LogP contribution in [0, 0.1) is 11.3 Å². The van der Waals surface area contributed by atoms with Crippen LogP contribution in [0.3, 0.4) is 0 Å². The molecule has 0 radical (unpaired) electrons. The second-order valence-electron chi connectivity index (χ2n) is 4.25. The minimum atomic E-state index is 0.196. The molecule has 12 heavy (non-hydrogen) atoms. The van der Waals surface area contributed by atoms with E-state index < -0.39 is 0 Å². The summed E-state index contributed by atoms with van der Waals surface area (Å²) in [6.07, 6.45) is 4.97. The molecule has 0 bridgehead atoms. The first-order chi connectivity index (χ1) is 5.43. The fraction of sp³-hybridized carbons (Fsp3) is 0.600. The van der Waals surface area contributed by atoms with Crippen molar-refractivity contribution in [1.29, 1.82) is 0 Å². The van der Waals surface area contributed by atoms with Crippen molar-refractivity contribution in [3.05, 3.63) is 22.2 Å². The monoisotopic (exact) mass is 204 g/mol. The fourth-order valence-electron chi connectivity index (χ4n) is 1.39. The SMILES string of the molecule is CC(C)(C)C1CC=CC(Cl)=C1Cl. The van der Waals surface area contributed by atoms with Gasteiger partial charge in [0.1, 0.15) is 0 Å². The normalized spacial score (nSPS) is 24.9. The molecule has 0 aromatic rings. The van der Waals surface area contributed by atoms with Crippen molar-refractivity contribution >= 4 is 23.2 Å². The summed E-state index contributed by atoms with van der Waals surface area (Å²) in [6.45, 7) is 6.55. The van der Waals surface area contributed by atoms with Crippen molar-refractivity contribution in [2.24, 2.45) is 11.3 Å². The van der Waals surface area contributed by atoms with Crippen LogP contribution in [0.4, 0.5) is 0 Å². The zero-order valence-electron chi connectivity index (χ0n) is 7.70.